The molecule has 1 rings (SSSR count). The minimum Gasteiger partial charge on any atom is -0.368 e. The van der Waals surface area contributed by atoms with Gasteiger partial charge >= 0.3 is 0 Å². The van der Waals surface area contributed by atoms with Gasteiger partial charge in [0.05, 0.1) is 0 Å². The average Bonchev–Trinajstić information content (AvgIpc) is 2.17. The molecular formula is C10H18N2O2. The molecule has 2 N–H and O–H groups in total. The maximum absolute atomic E-state index is 11.5. The van der Waals surface area contributed by atoms with Crippen molar-refractivity contribution in [3.8, 4) is 0 Å². The topological polar surface area (TPSA) is 63.4 Å². The van der Waals surface area contributed by atoms with Gasteiger partial charge in [-0.05, 0) is 25.7 Å². The third-order valence-corrected chi connectivity index (χ3v) is 3.16. The second-order valence-corrected chi connectivity index (χ2v) is 3.88. The third kappa shape index (κ3) is 1.61. The summed E-state index contributed by atoms with van der Waals surface area (Å²) in [4.78, 5) is 24.5. The van der Waals surface area contributed by atoms with Crippen LogP contribution in [0, 0.1) is 0 Å². The number of nitrogens with two attached hydrogens (primary N) is 1. The number of carbonyl (C=O) groups excluding carboxylic acids is 2. The number of carbonyl (C=O) groups is 2. The molecule has 0 aromatic heterocycles. The van der Waals surface area contributed by atoms with E-state index in [4.69, 9.17) is 5.73 Å². The second-order valence-electron chi connectivity index (χ2n) is 3.88. The Morgan fingerprint density at radius 2 is 2.07 bits per heavy atom. The average molecular weight is 198 g/mol. The highest BCUT2D eigenvalue weighted by molar-refractivity contribution is 5.90. The van der Waals surface area contributed by atoms with Crippen LogP contribution in [0.4, 0.5) is 0 Å². The Kier molecular flexibility index (Phi) is 3.13. The highest BCUT2D eigenvalue weighted by atomic mass is 16.2. The summed E-state index contributed by atoms with van der Waals surface area (Å²) in [5.74, 6) is -0.416. The molecule has 1 atom stereocenters. The minimum atomic E-state index is -0.718. The first kappa shape index (κ1) is 11.0. The number of rotatable bonds is 2. The molecule has 1 saturated heterocycles. The van der Waals surface area contributed by atoms with Crippen LogP contribution in [0.25, 0.3) is 0 Å². The summed E-state index contributed by atoms with van der Waals surface area (Å²) < 4.78 is 0. The molecule has 0 radical (unpaired) electrons. The molecule has 0 spiro atoms. The van der Waals surface area contributed by atoms with Gasteiger partial charge in [0, 0.05) is 13.5 Å². The monoisotopic (exact) mass is 198 g/mol. The predicted octanol–water partition coefficient (Wildman–Crippen LogP) is 0.653. The maximum atomic E-state index is 11.5. The zero-order chi connectivity index (χ0) is 10.8. The number of hydrogen-bond donors (Lipinski definition) is 1. The van der Waals surface area contributed by atoms with Gasteiger partial charge < -0.3 is 10.6 Å². The molecule has 1 heterocycles. The fourth-order valence-corrected chi connectivity index (χ4v) is 2.29. The lowest BCUT2D eigenvalue weighted by Gasteiger charge is -2.44. The molecule has 1 aliphatic rings. The third-order valence-electron chi connectivity index (χ3n) is 3.16. The molecule has 0 aromatic rings. The van der Waals surface area contributed by atoms with Crippen LogP contribution in [0.2, 0.25) is 0 Å². The lowest BCUT2D eigenvalue weighted by molar-refractivity contribution is -0.148. The number of hydrogen-bond acceptors (Lipinski definition) is 2. The van der Waals surface area contributed by atoms with Gasteiger partial charge in [0.2, 0.25) is 11.8 Å². The Bertz CT molecular complexity index is 253. The van der Waals surface area contributed by atoms with E-state index < -0.39 is 5.54 Å². The Morgan fingerprint density at radius 3 is 2.43 bits per heavy atom. The van der Waals surface area contributed by atoms with Crippen LogP contribution in [-0.4, -0.2) is 28.8 Å². The van der Waals surface area contributed by atoms with Crippen molar-refractivity contribution in [3.63, 3.8) is 0 Å². The van der Waals surface area contributed by atoms with Crippen molar-refractivity contribution >= 4 is 11.8 Å². The molecule has 4 heteroatoms. The number of amides is 2. The van der Waals surface area contributed by atoms with Crippen molar-refractivity contribution in [1.29, 1.82) is 0 Å². The Balaban J connectivity index is 2.98. The quantitative estimate of drug-likeness (QED) is 0.708. The number of nitrogens with zero attached hydrogens (tertiary/aromatic N) is 1. The number of primary amides is 1. The zero-order valence-electron chi connectivity index (χ0n) is 8.88. The molecule has 4 nitrogen and oxygen atoms in total. The molecule has 0 bridgehead atoms. The van der Waals surface area contributed by atoms with E-state index >= 15 is 0 Å². The highest BCUT2D eigenvalue weighted by Gasteiger charge is 2.43. The summed E-state index contributed by atoms with van der Waals surface area (Å²) in [7, 11) is 0. The predicted molar refractivity (Wildman–Crippen MR) is 53.5 cm³/mol. The van der Waals surface area contributed by atoms with Crippen molar-refractivity contribution < 1.29 is 9.59 Å². The Hall–Kier alpha value is -1.06. The lowest BCUT2D eigenvalue weighted by atomic mass is 9.83. The van der Waals surface area contributed by atoms with Gasteiger partial charge in [0.25, 0.3) is 0 Å². The van der Waals surface area contributed by atoms with Crippen molar-refractivity contribution in [2.24, 2.45) is 5.73 Å². The van der Waals surface area contributed by atoms with E-state index in [-0.39, 0.29) is 11.8 Å². The van der Waals surface area contributed by atoms with Gasteiger partial charge in [-0.1, -0.05) is 6.92 Å². The van der Waals surface area contributed by atoms with Crippen LogP contribution in [0.1, 0.15) is 39.5 Å². The maximum Gasteiger partial charge on any atom is 0.243 e. The second kappa shape index (κ2) is 3.98. The molecule has 0 aromatic carbocycles. The summed E-state index contributed by atoms with van der Waals surface area (Å²) in [6.07, 6.45) is 3.26. The highest BCUT2D eigenvalue weighted by Crippen LogP contribution is 2.30. The van der Waals surface area contributed by atoms with Crippen molar-refractivity contribution in [1.82, 2.24) is 4.90 Å². The SMILES string of the molecule is CCC1(C(N)=O)CCCCN1C(C)=O. The molecule has 80 valence electrons. The lowest BCUT2D eigenvalue weighted by Crippen LogP contribution is -2.60. The van der Waals surface area contributed by atoms with Crippen molar-refractivity contribution in [3.05, 3.63) is 0 Å². The van der Waals surface area contributed by atoms with Gasteiger partial charge in [0.15, 0.2) is 0 Å². The van der Waals surface area contributed by atoms with Crippen LogP contribution in [0.3, 0.4) is 0 Å². The largest absolute Gasteiger partial charge is 0.368 e. The van der Waals surface area contributed by atoms with Gasteiger partial charge in [-0.2, -0.15) is 0 Å². The van der Waals surface area contributed by atoms with E-state index in [0.29, 0.717) is 19.4 Å². The van der Waals surface area contributed by atoms with Crippen LogP contribution in [0.5, 0.6) is 0 Å². The van der Waals surface area contributed by atoms with Crippen molar-refractivity contribution in [2.45, 2.75) is 45.1 Å². The first-order chi connectivity index (χ1) is 6.54. The van der Waals surface area contributed by atoms with E-state index in [0.717, 1.165) is 12.8 Å². The van der Waals surface area contributed by atoms with E-state index in [9.17, 15) is 9.59 Å². The van der Waals surface area contributed by atoms with E-state index in [2.05, 4.69) is 0 Å². The van der Waals surface area contributed by atoms with Gasteiger partial charge in [0.1, 0.15) is 5.54 Å². The molecule has 0 aliphatic carbocycles. The van der Waals surface area contributed by atoms with Crippen LogP contribution in [0.15, 0.2) is 0 Å². The van der Waals surface area contributed by atoms with Crippen LogP contribution < -0.4 is 5.73 Å². The van der Waals surface area contributed by atoms with Gasteiger partial charge in [-0.3, -0.25) is 9.59 Å². The Morgan fingerprint density at radius 1 is 1.43 bits per heavy atom. The first-order valence-corrected chi connectivity index (χ1v) is 5.12. The van der Waals surface area contributed by atoms with Gasteiger partial charge in [-0.15, -0.1) is 0 Å². The molecule has 0 saturated carbocycles. The van der Waals surface area contributed by atoms with E-state index in [1.54, 1.807) is 4.90 Å². The fourth-order valence-electron chi connectivity index (χ4n) is 2.29. The normalized spacial score (nSPS) is 27.4. The molecule has 1 unspecified atom stereocenters. The van der Waals surface area contributed by atoms with Crippen LogP contribution >= 0.6 is 0 Å². The summed E-state index contributed by atoms with van der Waals surface area (Å²) in [6.45, 7) is 4.07. The Labute approximate surface area is 84.4 Å². The van der Waals surface area contributed by atoms with E-state index in [1.807, 2.05) is 6.92 Å². The summed E-state index contributed by atoms with van der Waals surface area (Å²) in [5, 5.41) is 0. The molecule has 2 amide bonds. The van der Waals surface area contributed by atoms with E-state index in [1.165, 1.54) is 6.92 Å². The summed E-state index contributed by atoms with van der Waals surface area (Å²) in [6, 6.07) is 0. The van der Waals surface area contributed by atoms with Gasteiger partial charge in [-0.25, -0.2) is 0 Å². The minimum absolute atomic E-state index is 0.0506. The molecule has 1 aliphatic heterocycles. The molecular weight excluding hydrogens is 180 g/mol. The van der Waals surface area contributed by atoms with Crippen molar-refractivity contribution in [2.75, 3.05) is 6.54 Å². The molecule has 14 heavy (non-hydrogen) atoms. The number of piperidine rings is 1. The fraction of sp³-hybridized carbons (Fsp3) is 0.800. The standard InChI is InChI=1S/C10H18N2O2/c1-3-10(9(11)14)6-4-5-7-12(10)8(2)13/h3-7H2,1-2H3,(H2,11,14). The first-order valence-electron chi connectivity index (χ1n) is 5.12. The molecule has 1 fully saturated rings. The number of likely N-dealkylation sites (tertiary alicyclic amines) is 1. The smallest absolute Gasteiger partial charge is 0.243 e. The van der Waals surface area contributed by atoms with Crippen LogP contribution in [-0.2, 0) is 9.59 Å². The zero-order valence-corrected chi connectivity index (χ0v) is 8.88. The summed E-state index contributed by atoms with van der Waals surface area (Å²) >= 11 is 0. The summed E-state index contributed by atoms with van der Waals surface area (Å²) in [5.41, 5.74) is 4.69.